The monoisotopic (exact) mass is 657 g/mol. The van der Waals surface area contributed by atoms with Crippen LogP contribution in [0.1, 0.15) is 57.8 Å². The Balaban J connectivity index is 1.09. The van der Waals surface area contributed by atoms with Gasteiger partial charge in [0.1, 0.15) is 5.69 Å². The van der Waals surface area contributed by atoms with Gasteiger partial charge in [0.05, 0.1) is 42.0 Å². The molecule has 2 aliphatic carbocycles. The van der Waals surface area contributed by atoms with Gasteiger partial charge in [-0.2, -0.15) is 0 Å². The number of rotatable bonds is 9. The van der Waals surface area contributed by atoms with Crippen LogP contribution >= 0.6 is 0 Å². The summed E-state index contributed by atoms with van der Waals surface area (Å²) in [5.74, 6) is 0.724. The molecule has 49 heavy (non-hydrogen) atoms. The number of carbonyl (C=O) groups excluding carboxylic acids is 3. The van der Waals surface area contributed by atoms with Crippen molar-refractivity contribution in [2.75, 3.05) is 38.4 Å². The minimum absolute atomic E-state index is 0.0339. The molecule has 2 N–H and O–H groups in total. The number of hydrogen-bond acceptors (Lipinski definition) is 9. The molecule has 0 unspecified atom stereocenters. The van der Waals surface area contributed by atoms with Crippen molar-refractivity contribution in [3.05, 3.63) is 89.6 Å². The van der Waals surface area contributed by atoms with Gasteiger partial charge < -0.3 is 25.2 Å². The van der Waals surface area contributed by atoms with E-state index in [4.69, 9.17) is 9.72 Å². The molecule has 4 aromatic heterocycles. The van der Waals surface area contributed by atoms with Gasteiger partial charge in [-0.05, 0) is 61.6 Å². The maximum absolute atomic E-state index is 13.8. The Morgan fingerprint density at radius 2 is 1.86 bits per heavy atom. The Morgan fingerprint density at radius 1 is 1.04 bits per heavy atom. The van der Waals surface area contributed by atoms with Crippen LogP contribution in [0.15, 0.2) is 67.1 Å². The summed E-state index contributed by atoms with van der Waals surface area (Å²) in [5.41, 5.74) is 5.81. The number of para-hydroxylation sites is 1. The van der Waals surface area contributed by atoms with Crippen LogP contribution in [-0.4, -0.2) is 79.8 Å². The number of hydrogen-bond donors (Lipinski definition) is 2. The topological polar surface area (TPSA) is 147 Å². The van der Waals surface area contributed by atoms with Crippen molar-refractivity contribution >= 4 is 40.6 Å². The number of nitrogens with zero attached hydrogens (tertiary/aromatic N) is 7. The highest BCUT2D eigenvalue weighted by molar-refractivity contribution is 5.98. The number of carbonyl (C=O) groups is 3. The van der Waals surface area contributed by atoms with Crippen molar-refractivity contribution in [2.24, 2.45) is 5.92 Å². The highest BCUT2D eigenvalue weighted by Gasteiger charge is 2.51. The van der Waals surface area contributed by atoms with E-state index in [9.17, 15) is 14.4 Å². The number of nitrogens with one attached hydrogen (secondary N) is 2. The number of methoxy groups -OCH3 is 1. The maximum Gasteiger partial charge on any atom is 0.271 e. The van der Waals surface area contributed by atoms with E-state index >= 15 is 0 Å². The third-order valence-electron chi connectivity index (χ3n) is 9.45. The Hall–Kier alpha value is -5.85. The average Bonchev–Trinajstić information content (AvgIpc) is 4.04. The molecule has 1 spiro atoms. The predicted molar refractivity (Wildman–Crippen MR) is 182 cm³/mol. The van der Waals surface area contributed by atoms with E-state index in [0.29, 0.717) is 64.3 Å². The van der Waals surface area contributed by atoms with Gasteiger partial charge in [0.2, 0.25) is 5.91 Å². The molecule has 0 atom stereocenters. The van der Waals surface area contributed by atoms with Crippen molar-refractivity contribution in [3.8, 4) is 17.0 Å². The minimum Gasteiger partial charge on any atom is -0.494 e. The van der Waals surface area contributed by atoms with E-state index in [-0.39, 0.29) is 29.1 Å². The smallest absolute Gasteiger partial charge is 0.271 e. The molecular formula is C36H35N9O4. The van der Waals surface area contributed by atoms with E-state index in [2.05, 4.69) is 25.7 Å². The van der Waals surface area contributed by atoms with Gasteiger partial charge in [0, 0.05) is 62.2 Å². The van der Waals surface area contributed by atoms with Gasteiger partial charge in [-0.15, -0.1) is 5.10 Å². The van der Waals surface area contributed by atoms with Crippen LogP contribution in [0.5, 0.6) is 5.75 Å². The molecule has 5 aromatic rings. The Morgan fingerprint density at radius 3 is 2.61 bits per heavy atom. The summed E-state index contributed by atoms with van der Waals surface area (Å²) in [4.78, 5) is 55.9. The average molecular weight is 658 g/mol. The normalized spacial score (nSPS) is 16.0. The summed E-state index contributed by atoms with van der Waals surface area (Å²) in [6, 6.07) is 14.9. The molecule has 2 fully saturated rings. The van der Waals surface area contributed by atoms with Gasteiger partial charge >= 0.3 is 0 Å². The number of benzene rings is 1. The molecule has 8 rings (SSSR count). The van der Waals surface area contributed by atoms with Crippen LogP contribution in [-0.2, 0) is 16.8 Å². The number of fused-ring (bicyclic) bond motifs is 3. The molecule has 0 saturated heterocycles. The largest absolute Gasteiger partial charge is 0.494 e. The van der Waals surface area contributed by atoms with Crippen molar-refractivity contribution in [3.63, 3.8) is 0 Å². The highest BCUT2D eigenvalue weighted by atomic mass is 16.5. The lowest BCUT2D eigenvalue weighted by atomic mass is 9.86. The molecule has 13 nitrogen and oxygen atoms in total. The molecule has 13 heteroatoms. The molecule has 3 amide bonds. The van der Waals surface area contributed by atoms with Crippen LogP contribution in [0.25, 0.3) is 16.9 Å². The zero-order chi connectivity index (χ0) is 33.9. The second-order valence-corrected chi connectivity index (χ2v) is 13.2. The zero-order valence-corrected chi connectivity index (χ0v) is 27.4. The standard InChI is InChI=1S/C36H35N9O4/c1-43(2)35(48)27-9-4-6-22(39-27)19-44-20-36(12-13-36)25-16-28(38-18-24(25)34(44)47)23-7-5-8-26(31(23)49-3)40-29-17-30(41-33(46)21-10-11-21)42-45-15-14-37-32(29)45/h4-9,14-18,21,40H,10-13,19-20H2,1-3H3,(H,41,42,46). The van der Waals surface area contributed by atoms with Crippen molar-refractivity contribution in [2.45, 2.75) is 37.6 Å². The SMILES string of the molecule is COc1c(Nc2cc(NC(=O)C3CC3)nn3ccnc23)cccc1-c1cc2c(cn1)C(=O)N(Cc1cccc(C(=O)N(C)C)n1)CC21CC1. The Kier molecular flexibility index (Phi) is 7.27. The lowest BCUT2D eigenvalue weighted by Gasteiger charge is -2.34. The van der Waals surface area contributed by atoms with Crippen LogP contribution in [0.2, 0.25) is 0 Å². The van der Waals surface area contributed by atoms with Crippen LogP contribution in [0.3, 0.4) is 0 Å². The molecule has 248 valence electrons. The van der Waals surface area contributed by atoms with Gasteiger partial charge in [-0.25, -0.2) is 14.5 Å². The third-order valence-corrected chi connectivity index (χ3v) is 9.45. The van der Waals surface area contributed by atoms with Gasteiger partial charge in [0.15, 0.2) is 17.2 Å². The van der Waals surface area contributed by atoms with E-state index in [1.807, 2.05) is 35.2 Å². The summed E-state index contributed by atoms with van der Waals surface area (Å²) in [5, 5.41) is 10.9. The van der Waals surface area contributed by atoms with E-state index in [0.717, 1.165) is 36.8 Å². The highest BCUT2D eigenvalue weighted by Crippen LogP contribution is 2.53. The number of ether oxygens (including phenoxy) is 1. The lowest BCUT2D eigenvalue weighted by Crippen LogP contribution is -2.43. The molecule has 1 aromatic carbocycles. The zero-order valence-electron chi connectivity index (χ0n) is 27.4. The summed E-state index contributed by atoms with van der Waals surface area (Å²) in [6.45, 7) is 0.874. The second kappa shape index (κ2) is 11.7. The van der Waals surface area contributed by atoms with Crippen molar-refractivity contribution < 1.29 is 19.1 Å². The fourth-order valence-corrected chi connectivity index (χ4v) is 6.57. The van der Waals surface area contributed by atoms with Crippen LogP contribution in [0.4, 0.5) is 17.2 Å². The number of amides is 3. The van der Waals surface area contributed by atoms with Gasteiger partial charge in [-0.1, -0.05) is 12.1 Å². The van der Waals surface area contributed by atoms with E-state index in [1.165, 1.54) is 4.90 Å². The summed E-state index contributed by atoms with van der Waals surface area (Å²) < 4.78 is 7.59. The van der Waals surface area contributed by atoms with E-state index < -0.39 is 0 Å². The van der Waals surface area contributed by atoms with Gasteiger partial charge in [-0.3, -0.25) is 19.4 Å². The number of aromatic nitrogens is 5. The van der Waals surface area contributed by atoms with E-state index in [1.54, 1.807) is 62.5 Å². The summed E-state index contributed by atoms with van der Waals surface area (Å²) in [6.07, 6.45) is 8.76. The first-order valence-electron chi connectivity index (χ1n) is 16.3. The van der Waals surface area contributed by atoms with Gasteiger partial charge in [0.25, 0.3) is 11.8 Å². The maximum atomic E-state index is 13.8. The molecular weight excluding hydrogens is 622 g/mol. The Labute approximate surface area is 282 Å². The second-order valence-electron chi connectivity index (χ2n) is 13.2. The summed E-state index contributed by atoms with van der Waals surface area (Å²) in [7, 11) is 4.99. The van der Waals surface area contributed by atoms with Crippen LogP contribution in [0, 0.1) is 5.92 Å². The first-order chi connectivity index (χ1) is 23.7. The number of pyridine rings is 2. The fourth-order valence-electron chi connectivity index (χ4n) is 6.57. The molecule has 5 heterocycles. The lowest BCUT2D eigenvalue weighted by molar-refractivity contribution is -0.117. The molecule has 2 saturated carbocycles. The number of anilines is 3. The Bertz CT molecular complexity index is 2150. The van der Waals surface area contributed by atoms with Crippen LogP contribution < -0.4 is 15.4 Å². The summed E-state index contributed by atoms with van der Waals surface area (Å²) >= 11 is 0. The quantitative estimate of drug-likeness (QED) is 0.231. The first kappa shape index (κ1) is 30.5. The minimum atomic E-state index is -0.181. The first-order valence-corrected chi connectivity index (χ1v) is 16.3. The van der Waals surface area contributed by atoms with Crippen molar-refractivity contribution in [1.29, 1.82) is 0 Å². The third kappa shape index (κ3) is 5.60. The number of imidazole rings is 1. The molecule has 3 aliphatic rings. The predicted octanol–water partition coefficient (Wildman–Crippen LogP) is 4.68. The molecule has 0 bridgehead atoms. The molecule has 0 radical (unpaired) electrons. The van der Waals surface area contributed by atoms with Crippen molar-refractivity contribution in [1.82, 2.24) is 34.4 Å². The fraction of sp³-hybridized carbons (Fsp3) is 0.306. The molecule has 1 aliphatic heterocycles.